The molecule has 0 unspecified atom stereocenters. The minimum Gasteiger partial charge on any atom is -0.467 e. The molecule has 0 aromatic carbocycles. The number of nitrogens with zero attached hydrogens (tertiary/aromatic N) is 2. The molecule has 2 aromatic heterocycles. The van der Waals surface area contributed by atoms with Gasteiger partial charge in [-0.2, -0.15) is 5.26 Å². The van der Waals surface area contributed by atoms with E-state index in [2.05, 4.69) is 6.07 Å². The van der Waals surface area contributed by atoms with Gasteiger partial charge in [0.1, 0.15) is 17.4 Å². The molecule has 4 heteroatoms. The first-order valence-corrected chi connectivity index (χ1v) is 6.47. The molecule has 0 N–H and O–H groups in total. The molecular formula is C15H14N2O2. The van der Waals surface area contributed by atoms with Crippen LogP contribution in [-0.2, 0) is 19.4 Å². The van der Waals surface area contributed by atoms with E-state index in [9.17, 15) is 10.1 Å². The third kappa shape index (κ3) is 2.08. The lowest BCUT2D eigenvalue weighted by molar-refractivity contribution is 0.488. The Bertz CT molecular complexity index is 690. The maximum atomic E-state index is 12.3. The van der Waals surface area contributed by atoms with E-state index >= 15 is 0 Å². The van der Waals surface area contributed by atoms with Gasteiger partial charge in [0.05, 0.1) is 12.8 Å². The van der Waals surface area contributed by atoms with E-state index < -0.39 is 0 Å². The van der Waals surface area contributed by atoms with Crippen LogP contribution >= 0.6 is 0 Å². The van der Waals surface area contributed by atoms with Crippen LogP contribution < -0.4 is 5.56 Å². The zero-order chi connectivity index (χ0) is 13.2. The highest BCUT2D eigenvalue weighted by Gasteiger charge is 2.18. The molecule has 0 amide bonds. The van der Waals surface area contributed by atoms with Crippen LogP contribution in [0.3, 0.4) is 0 Å². The zero-order valence-electron chi connectivity index (χ0n) is 10.6. The molecule has 0 bridgehead atoms. The first-order valence-electron chi connectivity index (χ1n) is 6.47. The summed E-state index contributed by atoms with van der Waals surface area (Å²) in [5.74, 6) is 0.724. The molecule has 0 atom stereocenters. The summed E-state index contributed by atoms with van der Waals surface area (Å²) in [6.07, 6.45) is 7.45. The lowest BCUT2D eigenvalue weighted by Gasteiger charge is -2.18. The zero-order valence-corrected chi connectivity index (χ0v) is 10.6. The standard InChI is InChI=1S/C15H14N2O2/c16-8-14-13-6-2-1-4-11(13)9-17(15(14)18)10-12-5-3-7-19-12/h3,5,7,9H,1-2,4,6,10H2. The van der Waals surface area contributed by atoms with Crippen molar-refractivity contribution in [2.75, 3.05) is 0 Å². The summed E-state index contributed by atoms with van der Waals surface area (Å²) in [7, 11) is 0. The Morgan fingerprint density at radius 2 is 2.21 bits per heavy atom. The van der Waals surface area contributed by atoms with Crippen molar-refractivity contribution >= 4 is 0 Å². The van der Waals surface area contributed by atoms with E-state index in [1.165, 1.54) is 0 Å². The van der Waals surface area contributed by atoms with E-state index in [0.717, 1.165) is 42.6 Å². The fraction of sp³-hybridized carbons (Fsp3) is 0.333. The van der Waals surface area contributed by atoms with Gasteiger partial charge in [-0.1, -0.05) is 0 Å². The highest BCUT2D eigenvalue weighted by molar-refractivity contribution is 5.42. The Morgan fingerprint density at radius 3 is 2.95 bits per heavy atom. The van der Waals surface area contributed by atoms with Crippen LogP contribution in [-0.4, -0.2) is 4.57 Å². The van der Waals surface area contributed by atoms with Gasteiger partial charge in [-0.3, -0.25) is 4.79 Å². The lowest BCUT2D eigenvalue weighted by Crippen LogP contribution is -2.27. The van der Waals surface area contributed by atoms with Gasteiger partial charge in [0.25, 0.3) is 5.56 Å². The van der Waals surface area contributed by atoms with Gasteiger partial charge in [-0.05, 0) is 48.9 Å². The van der Waals surface area contributed by atoms with E-state index in [1.807, 2.05) is 12.3 Å². The highest BCUT2D eigenvalue weighted by atomic mass is 16.3. The van der Waals surface area contributed by atoms with Crippen LogP contribution in [0, 0.1) is 11.3 Å². The summed E-state index contributed by atoms with van der Waals surface area (Å²) in [6, 6.07) is 5.71. The lowest BCUT2D eigenvalue weighted by atomic mass is 9.90. The Labute approximate surface area is 110 Å². The molecule has 96 valence electrons. The summed E-state index contributed by atoms with van der Waals surface area (Å²) in [6.45, 7) is 0.383. The molecule has 0 radical (unpaired) electrons. The smallest absolute Gasteiger partial charge is 0.269 e. The number of hydrogen-bond acceptors (Lipinski definition) is 3. The summed E-state index contributed by atoms with van der Waals surface area (Å²) < 4.78 is 6.85. The fourth-order valence-corrected chi connectivity index (χ4v) is 2.68. The second-order valence-electron chi connectivity index (χ2n) is 4.84. The molecule has 0 saturated heterocycles. The van der Waals surface area contributed by atoms with E-state index in [-0.39, 0.29) is 5.56 Å². The molecular weight excluding hydrogens is 240 g/mol. The predicted molar refractivity (Wildman–Crippen MR) is 69.9 cm³/mol. The maximum Gasteiger partial charge on any atom is 0.269 e. The van der Waals surface area contributed by atoms with Gasteiger partial charge in [-0.25, -0.2) is 0 Å². The Balaban J connectivity index is 2.11. The van der Waals surface area contributed by atoms with Crippen molar-refractivity contribution in [1.82, 2.24) is 4.57 Å². The molecule has 3 rings (SSSR count). The molecule has 2 heterocycles. The summed E-state index contributed by atoms with van der Waals surface area (Å²) in [5.41, 5.74) is 2.19. The molecule has 0 saturated carbocycles. The summed E-state index contributed by atoms with van der Waals surface area (Å²) in [5, 5.41) is 9.24. The van der Waals surface area contributed by atoms with Gasteiger partial charge in [-0.15, -0.1) is 0 Å². The van der Waals surface area contributed by atoms with Crippen LogP contribution in [0.5, 0.6) is 0 Å². The molecule has 2 aromatic rings. The predicted octanol–water partition coefficient (Wildman–Crippen LogP) is 2.24. The van der Waals surface area contributed by atoms with Crippen molar-refractivity contribution in [2.24, 2.45) is 0 Å². The first-order chi connectivity index (χ1) is 9.29. The molecule has 4 nitrogen and oxygen atoms in total. The monoisotopic (exact) mass is 254 g/mol. The number of hydrogen-bond donors (Lipinski definition) is 0. The second kappa shape index (κ2) is 4.77. The molecule has 0 fully saturated rings. The van der Waals surface area contributed by atoms with Crippen LogP contribution in [0.1, 0.15) is 35.3 Å². The largest absolute Gasteiger partial charge is 0.467 e. The number of nitriles is 1. The first kappa shape index (κ1) is 11.8. The van der Waals surface area contributed by atoms with Gasteiger partial charge >= 0.3 is 0 Å². The Hall–Kier alpha value is -2.28. The average Bonchev–Trinajstić information content (AvgIpc) is 2.93. The van der Waals surface area contributed by atoms with Crippen molar-refractivity contribution < 1.29 is 4.42 Å². The summed E-state index contributed by atoms with van der Waals surface area (Å²) >= 11 is 0. The number of pyridine rings is 1. The average molecular weight is 254 g/mol. The Morgan fingerprint density at radius 1 is 1.37 bits per heavy atom. The van der Waals surface area contributed by atoms with Crippen LogP contribution in [0.25, 0.3) is 0 Å². The minimum atomic E-state index is -0.209. The normalized spacial score (nSPS) is 13.8. The quantitative estimate of drug-likeness (QED) is 0.825. The number of fused-ring (bicyclic) bond motifs is 1. The van der Waals surface area contributed by atoms with Crippen molar-refractivity contribution in [3.05, 3.63) is 57.4 Å². The molecule has 19 heavy (non-hydrogen) atoms. The van der Waals surface area contributed by atoms with Crippen LogP contribution in [0.2, 0.25) is 0 Å². The van der Waals surface area contributed by atoms with Crippen molar-refractivity contribution in [2.45, 2.75) is 32.2 Å². The van der Waals surface area contributed by atoms with E-state index in [4.69, 9.17) is 4.42 Å². The van der Waals surface area contributed by atoms with E-state index in [0.29, 0.717) is 12.1 Å². The topological polar surface area (TPSA) is 58.9 Å². The number of furan rings is 1. The molecule has 0 spiro atoms. The van der Waals surface area contributed by atoms with Gasteiger partial charge < -0.3 is 8.98 Å². The molecule has 1 aliphatic rings. The van der Waals surface area contributed by atoms with Crippen molar-refractivity contribution in [3.8, 4) is 6.07 Å². The van der Waals surface area contributed by atoms with Gasteiger partial charge in [0.15, 0.2) is 0 Å². The highest BCUT2D eigenvalue weighted by Crippen LogP contribution is 2.22. The Kier molecular flexibility index (Phi) is 2.96. The summed E-state index contributed by atoms with van der Waals surface area (Å²) in [4.78, 5) is 12.3. The fourth-order valence-electron chi connectivity index (χ4n) is 2.68. The SMILES string of the molecule is N#Cc1c2c(cn(Cc3ccco3)c1=O)CCCC2. The molecule has 1 aliphatic carbocycles. The van der Waals surface area contributed by atoms with E-state index in [1.54, 1.807) is 16.9 Å². The second-order valence-corrected chi connectivity index (χ2v) is 4.84. The minimum absolute atomic E-state index is 0.209. The third-order valence-corrected chi connectivity index (χ3v) is 3.62. The van der Waals surface area contributed by atoms with Crippen molar-refractivity contribution in [1.29, 1.82) is 5.26 Å². The number of aryl methyl sites for hydroxylation is 1. The van der Waals surface area contributed by atoms with Crippen LogP contribution in [0.4, 0.5) is 0 Å². The van der Waals surface area contributed by atoms with Crippen LogP contribution in [0.15, 0.2) is 33.8 Å². The van der Waals surface area contributed by atoms with Gasteiger partial charge in [0, 0.05) is 6.20 Å². The number of aromatic nitrogens is 1. The van der Waals surface area contributed by atoms with Gasteiger partial charge in [0.2, 0.25) is 0 Å². The third-order valence-electron chi connectivity index (χ3n) is 3.62. The molecule has 0 aliphatic heterocycles. The maximum absolute atomic E-state index is 12.3. The number of rotatable bonds is 2. The van der Waals surface area contributed by atoms with Crippen molar-refractivity contribution in [3.63, 3.8) is 0 Å².